The largest absolute Gasteiger partial charge is 0.505 e. The number of fused-ring (bicyclic) bond motifs is 2. The van der Waals surface area contributed by atoms with E-state index in [9.17, 15) is 15.0 Å². The lowest BCUT2D eigenvalue weighted by Gasteiger charge is -2.36. The van der Waals surface area contributed by atoms with Crippen molar-refractivity contribution in [3.8, 4) is 5.75 Å². The lowest BCUT2D eigenvalue weighted by molar-refractivity contribution is 0.0374. The summed E-state index contributed by atoms with van der Waals surface area (Å²) >= 11 is 0. The van der Waals surface area contributed by atoms with Crippen LogP contribution >= 0.6 is 0 Å². The minimum Gasteiger partial charge on any atom is -0.505 e. The van der Waals surface area contributed by atoms with E-state index in [4.69, 9.17) is 0 Å². The maximum absolute atomic E-state index is 12.8. The van der Waals surface area contributed by atoms with Gasteiger partial charge in [0.15, 0.2) is 0 Å². The number of para-hydroxylation sites is 2. The molecule has 2 aromatic heterocycles. The van der Waals surface area contributed by atoms with Crippen LogP contribution in [0, 0.1) is 11.8 Å². The average molecular weight is 378 g/mol. The van der Waals surface area contributed by atoms with E-state index in [2.05, 4.69) is 14.5 Å². The fourth-order valence-electron chi connectivity index (χ4n) is 4.85. The Morgan fingerprint density at radius 3 is 2.71 bits per heavy atom. The van der Waals surface area contributed by atoms with Crippen molar-refractivity contribution in [2.45, 2.75) is 25.0 Å². The van der Waals surface area contributed by atoms with Gasteiger partial charge in [-0.05, 0) is 42.9 Å². The predicted molar refractivity (Wildman–Crippen MR) is 103 cm³/mol. The lowest BCUT2D eigenvalue weighted by atomic mass is 9.77. The first-order chi connectivity index (χ1) is 13.6. The van der Waals surface area contributed by atoms with Gasteiger partial charge in [-0.2, -0.15) is 0 Å². The zero-order chi connectivity index (χ0) is 19.3. The second-order valence-electron chi connectivity index (χ2n) is 7.87. The van der Waals surface area contributed by atoms with E-state index < -0.39 is 6.10 Å². The highest BCUT2D eigenvalue weighted by Crippen LogP contribution is 2.42. The van der Waals surface area contributed by atoms with Crippen molar-refractivity contribution >= 4 is 16.9 Å². The van der Waals surface area contributed by atoms with Crippen molar-refractivity contribution in [1.82, 2.24) is 19.4 Å². The molecule has 0 unspecified atom stereocenters. The Balaban J connectivity index is 1.37. The van der Waals surface area contributed by atoms with Crippen LogP contribution in [0.25, 0.3) is 11.0 Å². The standard InChI is InChI=1S/C21H22N4O3/c26-19-8-14-11-24(21(28)15-5-6-22-9-20(15)27)10-13(14)7-18(19)25-12-23-16-3-1-2-4-17(16)25/h1-6,9,12-14,18-19,26-27H,7-8,10-11H2/t13-,14+,18-,19-/m1/s1. The number of hydrogen-bond acceptors (Lipinski definition) is 5. The number of aliphatic hydroxyl groups excluding tert-OH is 1. The number of aromatic hydroxyl groups is 1. The molecule has 1 aliphatic heterocycles. The molecule has 1 amide bonds. The molecule has 1 saturated carbocycles. The molecule has 2 aliphatic rings. The van der Waals surface area contributed by atoms with Gasteiger partial charge >= 0.3 is 0 Å². The summed E-state index contributed by atoms with van der Waals surface area (Å²) in [7, 11) is 0. The van der Waals surface area contributed by atoms with Crippen LogP contribution in [0.2, 0.25) is 0 Å². The molecule has 5 rings (SSSR count). The molecule has 28 heavy (non-hydrogen) atoms. The molecule has 1 aliphatic carbocycles. The summed E-state index contributed by atoms with van der Waals surface area (Å²) < 4.78 is 2.08. The summed E-state index contributed by atoms with van der Waals surface area (Å²) in [4.78, 5) is 22.9. The van der Waals surface area contributed by atoms with Gasteiger partial charge in [-0.1, -0.05) is 12.1 Å². The van der Waals surface area contributed by atoms with Crippen LogP contribution in [-0.4, -0.2) is 54.7 Å². The van der Waals surface area contributed by atoms with Crippen LogP contribution in [-0.2, 0) is 0 Å². The molecule has 2 N–H and O–H groups in total. The van der Waals surface area contributed by atoms with E-state index in [1.54, 1.807) is 11.0 Å². The number of carbonyl (C=O) groups excluding carboxylic acids is 1. The number of nitrogens with zero attached hydrogens (tertiary/aromatic N) is 4. The van der Waals surface area contributed by atoms with Gasteiger partial charge in [0.1, 0.15) is 5.75 Å². The van der Waals surface area contributed by atoms with Gasteiger partial charge in [-0.15, -0.1) is 0 Å². The Labute approximate surface area is 162 Å². The summed E-state index contributed by atoms with van der Waals surface area (Å²) in [5, 5.41) is 20.8. The first-order valence-electron chi connectivity index (χ1n) is 9.63. The summed E-state index contributed by atoms with van der Waals surface area (Å²) in [6.45, 7) is 1.25. The Morgan fingerprint density at radius 2 is 1.89 bits per heavy atom. The number of aliphatic hydroxyl groups is 1. The van der Waals surface area contributed by atoms with E-state index in [0.29, 0.717) is 25.4 Å². The third-order valence-electron chi connectivity index (χ3n) is 6.27. The third kappa shape index (κ3) is 2.74. The molecule has 1 saturated heterocycles. The van der Waals surface area contributed by atoms with Crippen molar-refractivity contribution in [3.63, 3.8) is 0 Å². The minimum absolute atomic E-state index is 0.0435. The summed E-state index contributed by atoms with van der Waals surface area (Å²) in [5.41, 5.74) is 2.23. The van der Waals surface area contributed by atoms with E-state index in [-0.39, 0.29) is 29.2 Å². The van der Waals surface area contributed by atoms with Gasteiger partial charge in [0.05, 0.1) is 41.3 Å². The van der Waals surface area contributed by atoms with Gasteiger partial charge in [0, 0.05) is 19.3 Å². The molecule has 4 atom stereocenters. The molecular formula is C21H22N4O3. The van der Waals surface area contributed by atoms with Gasteiger partial charge in [0.2, 0.25) is 0 Å². The molecular weight excluding hydrogens is 356 g/mol. The number of amides is 1. The zero-order valence-electron chi connectivity index (χ0n) is 15.3. The van der Waals surface area contributed by atoms with Crippen molar-refractivity contribution < 1.29 is 15.0 Å². The van der Waals surface area contributed by atoms with Crippen molar-refractivity contribution in [2.75, 3.05) is 13.1 Å². The Kier molecular flexibility index (Phi) is 4.05. The van der Waals surface area contributed by atoms with Gasteiger partial charge in [-0.25, -0.2) is 4.98 Å². The van der Waals surface area contributed by atoms with E-state index in [1.165, 1.54) is 12.4 Å². The van der Waals surface area contributed by atoms with Crippen LogP contribution in [0.4, 0.5) is 0 Å². The monoisotopic (exact) mass is 378 g/mol. The maximum atomic E-state index is 12.8. The summed E-state index contributed by atoms with van der Waals surface area (Å²) in [5.74, 6) is 0.329. The average Bonchev–Trinajstić information content (AvgIpc) is 3.31. The highest BCUT2D eigenvalue weighted by molar-refractivity contribution is 5.96. The molecule has 7 nitrogen and oxygen atoms in total. The minimum atomic E-state index is -0.469. The normalized spacial score (nSPS) is 27.1. The first-order valence-corrected chi connectivity index (χ1v) is 9.63. The Hall–Kier alpha value is -2.93. The molecule has 0 spiro atoms. The highest BCUT2D eigenvalue weighted by atomic mass is 16.3. The number of aromatic nitrogens is 3. The number of carbonyl (C=O) groups is 1. The number of likely N-dealkylation sites (tertiary alicyclic amines) is 1. The van der Waals surface area contributed by atoms with Gasteiger partial charge in [-0.3, -0.25) is 9.78 Å². The van der Waals surface area contributed by atoms with Crippen molar-refractivity contribution in [1.29, 1.82) is 0 Å². The summed E-state index contributed by atoms with van der Waals surface area (Å²) in [6, 6.07) is 9.45. The van der Waals surface area contributed by atoms with Crippen LogP contribution in [0.3, 0.4) is 0 Å². The smallest absolute Gasteiger partial charge is 0.257 e. The van der Waals surface area contributed by atoms with Crippen LogP contribution in [0.15, 0.2) is 49.1 Å². The second-order valence-corrected chi connectivity index (χ2v) is 7.87. The van der Waals surface area contributed by atoms with Crippen LogP contribution in [0.5, 0.6) is 5.75 Å². The lowest BCUT2D eigenvalue weighted by Crippen LogP contribution is -2.36. The maximum Gasteiger partial charge on any atom is 0.257 e. The Morgan fingerprint density at radius 1 is 1.11 bits per heavy atom. The highest BCUT2D eigenvalue weighted by Gasteiger charge is 2.44. The van der Waals surface area contributed by atoms with E-state index >= 15 is 0 Å². The van der Waals surface area contributed by atoms with E-state index in [0.717, 1.165) is 17.5 Å². The molecule has 3 aromatic rings. The van der Waals surface area contributed by atoms with Gasteiger partial charge < -0.3 is 19.7 Å². The molecule has 2 fully saturated rings. The van der Waals surface area contributed by atoms with Crippen LogP contribution in [0.1, 0.15) is 29.2 Å². The number of imidazole rings is 1. The van der Waals surface area contributed by atoms with Gasteiger partial charge in [0.25, 0.3) is 5.91 Å². The quantitative estimate of drug-likeness (QED) is 0.713. The fourth-order valence-corrected chi connectivity index (χ4v) is 4.85. The topological polar surface area (TPSA) is 91.5 Å². The number of rotatable bonds is 2. The fraction of sp³-hybridized carbons (Fsp3) is 0.381. The van der Waals surface area contributed by atoms with Crippen LogP contribution < -0.4 is 0 Å². The number of pyridine rings is 1. The Bertz CT molecular complexity index is 1030. The van der Waals surface area contributed by atoms with Crippen molar-refractivity contribution in [2.24, 2.45) is 11.8 Å². The molecule has 0 radical (unpaired) electrons. The molecule has 1 aromatic carbocycles. The molecule has 7 heteroatoms. The second kappa shape index (κ2) is 6.60. The van der Waals surface area contributed by atoms with Crippen molar-refractivity contribution in [3.05, 3.63) is 54.6 Å². The zero-order valence-corrected chi connectivity index (χ0v) is 15.3. The molecule has 3 heterocycles. The SMILES string of the molecule is O=C(c1ccncc1O)N1C[C@H]2C[C@@H](n3cnc4ccccc43)[C@H](O)C[C@H]2C1. The predicted octanol–water partition coefficient (Wildman–Crippen LogP) is 2.22. The number of hydrogen-bond donors (Lipinski definition) is 2. The van der Waals surface area contributed by atoms with E-state index in [1.807, 2.05) is 30.6 Å². The third-order valence-corrected chi connectivity index (χ3v) is 6.27. The molecule has 144 valence electrons. The number of benzene rings is 1. The molecule has 0 bridgehead atoms. The first kappa shape index (κ1) is 17.2. The summed E-state index contributed by atoms with van der Waals surface area (Å²) in [6.07, 6.45) is 5.61.